The molecule has 2 heterocycles. The monoisotopic (exact) mass is 265 g/mol. The number of nitrogens with zero attached hydrogens (tertiary/aromatic N) is 2. The highest BCUT2D eigenvalue weighted by molar-refractivity contribution is 4.99. The van der Waals surface area contributed by atoms with E-state index >= 15 is 0 Å². The molecule has 0 aliphatic carbocycles. The average molecular weight is 265 g/mol. The summed E-state index contributed by atoms with van der Waals surface area (Å²) in [6.45, 7) is 15.3. The number of nitrogens with one attached hydrogen (secondary N) is 1. The summed E-state index contributed by atoms with van der Waals surface area (Å²) in [7, 11) is 0. The van der Waals surface area contributed by atoms with Crippen LogP contribution in [0.1, 0.15) is 52.3 Å². The summed E-state index contributed by atoms with van der Waals surface area (Å²) < 4.78 is 5.69. The SMILES string of the molecule is Cc1cnc(C(C)N2CC(C(C)(C)C)NCC2C)o1. The van der Waals surface area contributed by atoms with E-state index in [2.05, 4.69) is 49.8 Å². The number of hydrogen-bond donors (Lipinski definition) is 1. The Morgan fingerprint density at radius 2 is 2.16 bits per heavy atom. The molecule has 0 amide bonds. The highest BCUT2D eigenvalue weighted by atomic mass is 16.4. The Balaban J connectivity index is 2.13. The third-order valence-electron chi connectivity index (χ3n) is 4.16. The maximum Gasteiger partial charge on any atom is 0.211 e. The predicted molar refractivity (Wildman–Crippen MR) is 77.1 cm³/mol. The van der Waals surface area contributed by atoms with Crippen LogP contribution in [-0.2, 0) is 0 Å². The first kappa shape index (κ1) is 14.5. The maximum atomic E-state index is 5.69. The van der Waals surface area contributed by atoms with Crippen LogP contribution in [0, 0.1) is 12.3 Å². The van der Waals surface area contributed by atoms with E-state index in [1.165, 1.54) is 0 Å². The normalized spacial score (nSPS) is 27.5. The fourth-order valence-electron chi connectivity index (χ4n) is 2.71. The van der Waals surface area contributed by atoms with Gasteiger partial charge in [0.05, 0.1) is 12.2 Å². The van der Waals surface area contributed by atoms with E-state index in [4.69, 9.17) is 4.42 Å². The number of piperazine rings is 1. The average Bonchev–Trinajstić information content (AvgIpc) is 2.74. The molecular weight excluding hydrogens is 238 g/mol. The summed E-state index contributed by atoms with van der Waals surface area (Å²) in [5.74, 6) is 1.72. The van der Waals surface area contributed by atoms with Gasteiger partial charge in [-0.1, -0.05) is 20.8 Å². The van der Waals surface area contributed by atoms with Gasteiger partial charge in [0.25, 0.3) is 0 Å². The molecule has 1 aromatic rings. The van der Waals surface area contributed by atoms with Gasteiger partial charge >= 0.3 is 0 Å². The lowest BCUT2D eigenvalue weighted by Crippen LogP contribution is -2.59. The van der Waals surface area contributed by atoms with Crippen LogP contribution < -0.4 is 5.32 Å². The van der Waals surface area contributed by atoms with Crippen molar-refractivity contribution in [3.8, 4) is 0 Å². The van der Waals surface area contributed by atoms with Crippen LogP contribution in [-0.4, -0.2) is 35.1 Å². The molecule has 2 rings (SSSR count). The summed E-state index contributed by atoms with van der Waals surface area (Å²) >= 11 is 0. The lowest BCUT2D eigenvalue weighted by molar-refractivity contribution is 0.0528. The second kappa shape index (κ2) is 5.25. The highest BCUT2D eigenvalue weighted by Gasteiger charge is 2.35. The lowest BCUT2D eigenvalue weighted by atomic mass is 9.84. The van der Waals surface area contributed by atoms with Gasteiger partial charge in [0.15, 0.2) is 0 Å². The molecule has 3 atom stereocenters. The molecule has 1 aromatic heterocycles. The maximum absolute atomic E-state index is 5.69. The quantitative estimate of drug-likeness (QED) is 0.892. The van der Waals surface area contributed by atoms with Gasteiger partial charge in [-0.15, -0.1) is 0 Å². The van der Waals surface area contributed by atoms with E-state index in [-0.39, 0.29) is 11.5 Å². The van der Waals surface area contributed by atoms with Gasteiger partial charge in [-0.25, -0.2) is 4.98 Å². The summed E-state index contributed by atoms with van der Waals surface area (Å²) in [4.78, 5) is 6.88. The van der Waals surface area contributed by atoms with Crippen LogP contribution in [0.3, 0.4) is 0 Å². The zero-order chi connectivity index (χ0) is 14.2. The third-order valence-corrected chi connectivity index (χ3v) is 4.16. The number of hydrogen-bond acceptors (Lipinski definition) is 4. The molecule has 1 aliphatic heterocycles. The summed E-state index contributed by atoms with van der Waals surface area (Å²) in [6.07, 6.45) is 1.81. The number of rotatable bonds is 2. The van der Waals surface area contributed by atoms with E-state index in [0.29, 0.717) is 12.1 Å². The molecule has 1 N–H and O–H groups in total. The van der Waals surface area contributed by atoms with Crippen molar-refractivity contribution >= 4 is 0 Å². The third kappa shape index (κ3) is 3.18. The molecule has 19 heavy (non-hydrogen) atoms. The fraction of sp³-hybridized carbons (Fsp3) is 0.800. The van der Waals surface area contributed by atoms with Gasteiger partial charge in [-0.2, -0.15) is 0 Å². The standard InChI is InChI=1S/C15H27N3O/c1-10-7-16-13(15(4,5)6)9-18(10)12(3)14-17-8-11(2)19-14/h8,10,12-13,16H,7,9H2,1-6H3. The van der Waals surface area contributed by atoms with Gasteiger partial charge in [0.2, 0.25) is 5.89 Å². The van der Waals surface area contributed by atoms with Crippen molar-refractivity contribution in [3.05, 3.63) is 17.8 Å². The van der Waals surface area contributed by atoms with Crippen molar-refractivity contribution in [2.75, 3.05) is 13.1 Å². The number of aromatic nitrogens is 1. The van der Waals surface area contributed by atoms with Crippen LogP contribution in [0.25, 0.3) is 0 Å². The van der Waals surface area contributed by atoms with Crippen molar-refractivity contribution in [2.45, 2.75) is 59.7 Å². The highest BCUT2D eigenvalue weighted by Crippen LogP contribution is 2.29. The Labute approximate surface area is 116 Å². The van der Waals surface area contributed by atoms with Gasteiger partial charge in [-0.05, 0) is 26.2 Å². The Morgan fingerprint density at radius 1 is 1.47 bits per heavy atom. The minimum Gasteiger partial charge on any atom is -0.444 e. The van der Waals surface area contributed by atoms with Gasteiger partial charge < -0.3 is 9.73 Å². The molecule has 1 fully saturated rings. The van der Waals surface area contributed by atoms with E-state index in [9.17, 15) is 0 Å². The van der Waals surface area contributed by atoms with Gasteiger partial charge in [0.1, 0.15) is 5.76 Å². The van der Waals surface area contributed by atoms with Crippen LogP contribution in [0.4, 0.5) is 0 Å². The van der Waals surface area contributed by atoms with Crippen molar-refractivity contribution < 1.29 is 4.42 Å². The summed E-state index contributed by atoms with van der Waals surface area (Å²) in [6, 6.07) is 1.23. The minimum atomic E-state index is 0.232. The van der Waals surface area contributed by atoms with Crippen LogP contribution in [0.2, 0.25) is 0 Å². The van der Waals surface area contributed by atoms with Crippen LogP contribution in [0.15, 0.2) is 10.6 Å². The Morgan fingerprint density at radius 3 is 2.68 bits per heavy atom. The first-order valence-electron chi connectivity index (χ1n) is 7.20. The van der Waals surface area contributed by atoms with E-state index in [1.54, 1.807) is 6.20 Å². The van der Waals surface area contributed by atoms with Gasteiger partial charge in [-0.3, -0.25) is 4.90 Å². The molecule has 3 unspecified atom stereocenters. The zero-order valence-electron chi connectivity index (χ0n) is 13.0. The molecule has 0 aromatic carbocycles. The molecule has 4 nitrogen and oxygen atoms in total. The molecule has 1 saturated heterocycles. The van der Waals surface area contributed by atoms with Crippen LogP contribution >= 0.6 is 0 Å². The molecule has 108 valence electrons. The number of aryl methyl sites for hydroxylation is 1. The zero-order valence-corrected chi connectivity index (χ0v) is 13.0. The Bertz CT molecular complexity index is 421. The topological polar surface area (TPSA) is 41.3 Å². The predicted octanol–water partition coefficient (Wildman–Crippen LogP) is 2.75. The van der Waals surface area contributed by atoms with E-state index in [1.807, 2.05) is 6.92 Å². The molecule has 0 radical (unpaired) electrons. The van der Waals surface area contributed by atoms with Crippen molar-refractivity contribution in [3.63, 3.8) is 0 Å². The second-order valence-electron chi connectivity index (χ2n) is 6.86. The molecule has 4 heteroatoms. The van der Waals surface area contributed by atoms with E-state index in [0.717, 1.165) is 24.7 Å². The molecular formula is C15H27N3O. The minimum absolute atomic E-state index is 0.232. The Hall–Kier alpha value is -0.870. The first-order chi connectivity index (χ1) is 8.79. The first-order valence-corrected chi connectivity index (χ1v) is 7.20. The molecule has 0 saturated carbocycles. The van der Waals surface area contributed by atoms with E-state index < -0.39 is 0 Å². The largest absolute Gasteiger partial charge is 0.444 e. The second-order valence-corrected chi connectivity index (χ2v) is 6.86. The Kier molecular flexibility index (Phi) is 4.02. The van der Waals surface area contributed by atoms with Crippen molar-refractivity contribution in [1.29, 1.82) is 0 Å². The summed E-state index contributed by atoms with van der Waals surface area (Å²) in [5.41, 5.74) is 0.268. The molecule has 0 spiro atoms. The number of oxazole rings is 1. The van der Waals surface area contributed by atoms with Crippen molar-refractivity contribution in [1.82, 2.24) is 15.2 Å². The molecule has 0 bridgehead atoms. The van der Waals surface area contributed by atoms with Gasteiger partial charge in [0, 0.05) is 25.2 Å². The fourth-order valence-corrected chi connectivity index (χ4v) is 2.71. The molecule has 1 aliphatic rings. The lowest BCUT2D eigenvalue weighted by Gasteiger charge is -2.45. The smallest absolute Gasteiger partial charge is 0.211 e. The summed E-state index contributed by atoms with van der Waals surface area (Å²) in [5, 5.41) is 3.66. The van der Waals surface area contributed by atoms with Crippen LogP contribution in [0.5, 0.6) is 0 Å². The van der Waals surface area contributed by atoms with Crippen molar-refractivity contribution in [2.24, 2.45) is 5.41 Å².